The zero-order chi connectivity index (χ0) is 22.6. The van der Waals surface area contributed by atoms with Crippen LogP contribution in [-0.4, -0.2) is 12.8 Å². The summed E-state index contributed by atoms with van der Waals surface area (Å²) in [5.41, 5.74) is 3.38. The van der Waals surface area contributed by atoms with Crippen molar-refractivity contribution in [2.75, 3.05) is 7.05 Å². The van der Waals surface area contributed by atoms with E-state index in [0.29, 0.717) is 0 Å². The second-order valence-corrected chi connectivity index (χ2v) is 5.33. The zero-order valence-electron chi connectivity index (χ0n) is 21.0. The second-order valence-electron chi connectivity index (χ2n) is 5.33. The molecule has 1 heteroatoms. The number of rotatable bonds is 4. The third-order valence-electron chi connectivity index (χ3n) is 2.23. The molecule has 0 aromatic rings. The predicted octanol–water partition coefficient (Wildman–Crippen LogP) is 9.48. The van der Waals surface area contributed by atoms with Crippen LogP contribution in [0, 0.1) is 5.92 Å². The third kappa shape index (κ3) is 93.7. The lowest BCUT2D eigenvalue weighted by molar-refractivity contribution is 0.626. The molecule has 0 bridgehead atoms. The Hall–Kier alpha value is -1.37. The van der Waals surface area contributed by atoms with Crippen molar-refractivity contribution in [1.82, 2.24) is 0 Å². The van der Waals surface area contributed by atoms with Crippen LogP contribution in [0.15, 0.2) is 53.6 Å². The standard InChI is InChI=1S/C8H13N.C6H10.C5H12.3C2H6/c1-7(2)5-6-8(3)9-4;1-4-5-6(2)3;1-4-5(2)3;3*1-2/h5-6H,1H2,2-4H3;4-5H,1H2,2-3H3;5H,4H2,1-3H3;3*1-2H3/b6-5-,9-8?;;;;;. The molecule has 0 aliphatic carbocycles. The molecule has 0 radical (unpaired) electrons. The van der Waals surface area contributed by atoms with Gasteiger partial charge in [0.2, 0.25) is 0 Å². The predicted molar refractivity (Wildman–Crippen MR) is 132 cm³/mol. The number of allylic oxidation sites excluding steroid dienone is 6. The van der Waals surface area contributed by atoms with Gasteiger partial charge in [-0.15, -0.1) is 0 Å². The van der Waals surface area contributed by atoms with Gasteiger partial charge in [0.1, 0.15) is 0 Å². The van der Waals surface area contributed by atoms with Crippen molar-refractivity contribution in [3.8, 4) is 0 Å². The van der Waals surface area contributed by atoms with Gasteiger partial charge in [-0.2, -0.15) is 0 Å². The van der Waals surface area contributed by atoms with Gasteiger partial charge in [0.05, 0.1) is 0 Å². The minimum Gasteiger partial charge on any atom is -0.293 e. The molecule has 0 atom stereocenters. The highest BCUT2D eigenvalue weighted by Gasteiger charge is 1.80. The number of aliphatic imine (C=N–C) groups is 1. The van der Waals surface area contributed by atoms with E-state index in [1.165, 1.54) is 12.0 Å². The van der Waals surface area contributed by atoms with Crippen molar-refractivity contribution >= 4 is 5.71 Å². The minimum absolute atomic E-state index is 0.884. The summed E-state index contributed by atoms with van der Waals surface area (Å²) in [6, 6.07) is 0. The molecule has 0 fully saturated rings. The van der Waals surface area contributed by atoms with E-state index in [-0.39, 0.29) is 0 Å². The molecule has 0 amide bonds. The number of nitrogens with zero attached hydrogens (tertiary/aromatic N) is 1. The molecule has 0 aromatic heterocycles. The smallest absolute Gasteiger partial charge is 0.0313 e. The fraction of sp³-hybridized carbons (Fsp3) is 0.640. The van der Waals surface area contributed by atoms with Gasteiger partial charge < -0.3 is 0 Å². The quantitative estimate of drug-likeness (QED) is 0.346. The average Bonchev–Trinajstić information content (AvgIpc) is 2.65. The first-order valence-electron chi connectivity index (χ1n) is 10.2. The number of hydrogen-bond acceptors (Lipinski definition) is 1. The lowest BCUT2D eigenvalue weighted by Gasteiger charge is -1.90. The zero-order valence-corrected chi connectivity index (χ0v) is 21.0. The summed E-state index contributed by atoms with van der Waals surface area (Å²) in [5.74, 6) is 0.884. The van der Waals surface area contributed by atoms with Gasteiger partial charge in [-0.3, -0.25) is 4.99 Å². The van der Waals surface area contributed by atoms with Gasteiger partial charge in [0.15, 0.2) is 0 Å². The van der Waals surface area contributed by atoms with Gasteiger partial charge in [-0.05, 0) is 39.7 Å². The van der Waals surface area contributed by atoms with E-state index < -0.39 is 0 Å². The largest absolute Gasteiger partial charge is 0.293 e. The Labute approximate surface area is 169 Å². The molecule has 0 N–H and O–H groups in total. The Bertz CT molecular complexity index is 324. The van der Waals surface area contributed by atoms with E-state index in [1.807, 2.05) is 87.5 Å². The maximum absolute atomic E-state index is 3.95. The Morgan fingerprint density at radius 2 is 1.23 bits per heavy atom. The molecule has 0 spiro atoms. The van der Waals surface area contributed by atoms with Crippen LogP contribution >= 0.6 is 0 Å². The van der Waals surface area contributed by atoms with Crippen LogP contribution in [0.4, 0.5) is 0 Å². The Kier molecular flexibility index (Phi) is 66.7. The average molecular weight is 368 g/mol. The molecule has 0 aliphatic rings. The molecule has 0 heterocycles. The molecule has 0 aliphatic heterocycles. The first-order valence-corrected chi connectivity index (χ1v) is 10.2. The van der Waals surface area contributed by atoms with Crippen LogP contribution in [-0.2, 0) is 0 Å². The molecule has 26 heavy (non-hydrogen) atoms. The van der Waals surface area contributed by atoms with Gasteiger partial charge >= 0.3 is 0 Å². The molecular weight excluding hydrogens is 314 g/mol. The van der Waals surface area contributed by atoms with Crippen molar-refractivity contribution in [3.05, 3.63) is 48.6 Å². The van der Waals surface area contributed by atoms with Gasteiger partial charge in [-0.1, -0.05) is 111 Å². The lowest BCUT2D eigenvalue weighted by Crippen LogP contribution is -1.81. The van der Waals surface area contributed by atoms with Crippen LogP contribution in [0.1, 0.15) is 96.4 Å². The van der Waals surface area contributed by atoms with E-state index in [0.717, 1.165) is 17.2 Å². The number of hydrogen-bond donors (Lipinski definition) is 0. The monoisotopic (exact) mass is 367 g/mol. The molecule has 1 nitrogen and oxygen atoms in total. The van der Waals surface area contributed by atoms with Crippen LogP contribution in [0.2, 0.25) is 0 Å². The van der Waals surface area contributed by atoms with Crippen molar-refractivity contribution in [2.24, 2.45) is 10.9 Å². The van der Waals surface area contributed by atoms with Crippen molar-refractivity contribution < 1.29 is 0 Å². The van der Waals surface area contributed by atoms with Gasteiger partial charge in [-0.25, -0.2) is 0 Å². The molecular formula is C25H53N. The molecule has 158 valence electrons. The Morgan fingerprint density at radius 3 is 1.35 bits per heavy atom. The van der Waals surface area contributed by atoms with Crippen LogP contribution in [0.3, 0.4) is 0 Å². The second kappa shape index (κ2) is 43.8. The van der Waals surface area contributed by atoms with Crippen LogP contribution in [0.5, 0.6) is 0 Å². The summed E-state index contributed by atoms with van der Waals surface area (Å²) in [7, 11) is 1.78. The SMILES string of the molecule is C=C(C)/C=C\C(C)=NC.C=CC=C(C)C.CC.CC.CC.CCC(C)C. The first-order chi connectivity index (χ1) is 12.2. The van der Waals surface area contributed by atoms with Crippen LogP contribution in [0.25, 0.3) is 0 Å². The van der Waals surface area contributed by atoms with Crippen molar-refractivity contribution in [1.29, 1.82) is 0 Å². The minimum atomic E-state index is 0.884. The summed E-state index contributed by atoms with van der Waals surface area (Å²) >= 11 is 0. The molecule has 0 unspecified atom stereocenters. The van der Waals surface area contributed by atoms with E-state index in [2.05, 4.69) is 38.9 Å². The van der Waals surface area contributed by atoms with E-state index in [1.54, 1.807) is 13.1 Å². The Morgan fingerprint density at radius 1 is 0.885 bits per heavy atom. The fourth-order valence-electron chi connectivity index (χ4n) is 0.573. The van der Waals surface area contributed by atoms with Crippen molar-refractivity contribution in [2.45, 2.75) is 96.4 Å². The van der Waals surface area contributed by atoms with E-state index in [4.69, 9.17) is 0 Å². The summed E-state index contributed by atoms with van der Waals surface area (Å²) in [6.07, 6.45) is 8.96. The third-order valence-corrected chi connectivity index (χ3v) is 2.23. The highest BCUT2D eigenvalue weighted by atomic mass is 14.7. The maximum atomic E-state index is 3.95. The molecule has 0 rings (SSSR count). The molecule has 0 saturated carbocycles. The van der Waals surface area contributed by atoms with Crippen molar-refractivity contribution in [3.63, 3.8) is 0 Å². The normalized spacial score (nSPS) is 8.50. The van der Waals surface area contributed by atoms with Crippen LogP contribution < -0.4 is 0 Å². The summed E-state index contributed by atoms with van der Waals surface area (Å²) in [4.78, 5) is 3.95. The summed E-state index contributed by atoms with van der Waals surface area (Å²) in [6.45, 7) is 33.9. The highest BCUT2D eigenvalue weighted by Crippen LogP contribution is 1.94. The maximum Gasteiger partial charge on any atom is 0.0313 e. The van der Waals surface area contributed by atoms with Gasteiger partial charge in [0.25, 0.3) is 0 Å². The lowest BCUT2D eigenvalue weighted by atomic mass is 10.2. The topological polar surface area (TPSA) is 12.4 Å². The molecule has 0 saturated heterocycles. The van der Waals surface area contributed by atoms with E-state index in [9.17, 15) is 0 Å². The molecule has 0 aromatic carbocycles. The fourth-order valence-corrected chi connectivity index (χ4v) is 0.573. The first kappa shape index (κ1) is 39.6. The summed E-state index contributed by atoms with van der Waals surface area (Å²) < 4.78 is 0. The summed E-state index contributed by atoms with van der Waals surface area (Å²) in [5, 5.41) is 0. The Balaban J connectivity index is -0.0000000518. The van der Waals surface area contributed by atoms with E-state index >= 15 is 0 Å². The highest BCUT2D eigenvalue weighted by molar-refractivity contribution is 5.92. The van der Waals surface area contributed by atoms with Gasteiger partial charge in [0, 0.05) is 12.8 Å².